The maximum atomic E-state index is 12.2. The van der Waals surface area contributed by atoms with Gasteiger partial charge >= 0.3 is 0 Å². The highest BCUT2D eigenvalue weighted by molar-refractivity contribution is 6.31. The van der Waals surface area contributed by atoms with Crippen LogP contribution < -0.4 is 10.9 Å². The van der Waals surface area contributed by atoms with Crippen molar-refractivity contribution in [2.75, 3.05) is 19.6 Å². The van der Waals surface area contributed by atoms with Crippen molar-refractivity contribution < 1.29 is 4.79 Å². The first-order valence-corrected chi connectivity index (χ1v) is 9.08. The van der Waals surface area contributed by atoms with Crippen molar-refractivity contribution in [3.63, 3.8) is 0 Å². The predicted molar refractivity (Wildman–Crippen MR) is 104 cm³/mol. The third-order valence-corrected chi connectivity index (χ3v) is 4.65. The fraction of sp³-hybridized carbons (Fsp3) is 0.333. The number of H-pyrrole nitrogens is 1. The Morgan fingerprint density at radius 2 is 2.19 bits per heavy atom. The van der Waals surface area contributed by atoms with Gasteiger partial charge in [-0.25, -0.2) is 9.67 Å². The topological polar surface area (TPSA) is 95.9 Å². The van der Waals surface area contributed by atoms with Gasteiger partial charge in [0, 0.05) is 24.7 Å². The molecule has 0 radical (unpaired) electrons. The summed E-state index contributed by atoms with van der Waals surface area (Å²) in [5, 5.41) is 8.05. The van der Waals surface area contributed by atoms with Crippen LogP contribution >= 0.6 is 11.6 Å². The summed E-state index contributed by atoms with van der Waals surface area (Å²) < 4.78 is 1.42. The molecule has 0 fully saturated rings. The molecular weight excluding hydrogens is 368 g/mol. The third-order valence-electron chi connectivity index (χ3n) is 4.28. The van der Waals surface area contributed by atoms with Crippen LogP contribution in [0.5, 0.6) is 0 Å². The van der Waals surface area contributed by atoms with Crippen molar-refractivity contribution in [2.24, 2.45) is 0 Å². The monoisotopic (exact) mass is 388 g/mol. The second-order valence-electron chi connectivity index (χ2n) is 6.08. The molecule has 0 aliphatic rings. The number of likely N-dealkylation sites (N-methyl/N-ethyl adjacent to an activating group) is 1. The van der Waals surface area contributed by atoms with Gasteiger partial charge in [0.05, 0.1) is 12.5 Å². The Morgan fingerprint density at radius 3 is 2.96 bits per heavy atom. The molecule has 0 atom stereocenters. The zero-order valence-corrected chi connectivity index (χ0v) is 15.7. The molecule has 3 aromatic rings. The van der Waals surface area contributed by atoms with Crippen LogP contribution in [0.25, 0.3) is 11.0 Å². The first kappa shape index (κ1) is 19.1. The molecule has 142 valence electrons. The number of hydrogen-bond donors (Lipinski definition) is 2. The number of nitrogens with zero attached hydrogens (tertiary/aromatic N) is 4. The molecule has 0 aliphatic heterocycles. The summed E-state index contributed by atoms with van der Waals surface area (Å²) in [7, 11) is 0. The normalized spacial score (nSPS) is 11.2. The highest BCUT2D eigenvalue weighted by Crippen LogP contribution is 2.16. The second kappa shape index (κ2) is 8.79. The average Bonchev–Trinajstić information content (AvgIpc) is 3.06. The third kappa shape index (κ3) is 4.72. The lowest BCUT2D eigenvalue weighted by Crippen LogP contribution is -2.36. The fourth-order valence-electron chi connectivity index (χ4n) is 2.78. The Balaban J connectivity index is 1.52. The van der Waals surface area contributed by atoms with Gasteiger partial charge < -0.3 is 10.3 Å². The van der Waals surface area contributed by atoms with Gasteiger partial charge in [0.15, 0.2) is 5.65 Å². The van der Waals surface area contributed by atoms with Gasteiger partial charge in [0.25, 0.3) is 5.56 Å². The maximum Gasteiger partial charge on any atom is 0.261 e. The van der Waals surface area contributed by atoms with E-state index in [1.165, 1.54) is 17.2 Å². The SMILES string of the molecule is CCN(CCNC(=O)Cn1ncc2c(=O)[nH]cnc21)Cc1ccccc1Cl. The molecule has 9 heteroatoms. The van der Waals surface area contributed by atoms with Crippen LogP contribution in [0, 0.1) is 0 Å². The molecule has 0 bridgehead atoms. The highest BCUT2D eigenvalue weighted by atomic mass is 35.5. The Hall–Kier alpha value is -2.71. The van der Waals surface area contributed by atoms with E-state index in [2.05, 4.69) is 32.2 Å². The molecule has 0 saturated carbocycles. The number of halogens is 1. The molecule has 0 unspecified atom stereocenters. The van der Waals surface area contributed by atoms with E-state index in [-0.39, 0.29) is 18.0 Å². The average molecular weight is 389 g/mol. The molecule has 0 spiro atoms. The van der Waals surface area contributed by atoms with E-state index in [0.29, 0.717) is 24.1 Å². The number of nitrogens with one attached hydrogen (secondary N) is 2. The van der Waals surface area contributed by atoms with Crippen LogP contribution in [0.1, 0.15) is 12.5 Å². The summed E-state index contributed by atoms with van der Waals surface area (Å²) in [6.07, 6.45) is 2.71. The molecule has 0 aliphatic carbocycles. The number of rotatable bonds is 8. The van der Waals surface area contributed by atoms with E-state index in [4.69, 9.17) is 11.6 Å². The number of carbonyl (C=O) groups excluding carboxylic acids is 1. The molecule has 8 nitrogen and oxygen atoms in total. The first-order valence-electron chi connectivity index (χ1n) is 8.70. The standard InChI is InChI=1S/C18H21ClN6O2/c1-2-24(10-13-5-3-4-6-15(13)19)8-7-20-16(26)11-25-17-14(9-23-25)18(27)22-12-21-17/h3-6,9,12H,2,7-8,10-11H2,1H3,(H,20,26)(H,21,22,27). The number of amides is 1. The molecule has 1 aromatic carbocycles. The molecule has 3 rings (SSSR count). The van der Waals surface area contributed by atoms with Gasteiger partial charge in [0.2, 0.25) is 5.91 Å². The highest BCUT2D eigenvalue weighted by Gasteiger charge is 2.11. The van der Waals surface area contributed by atoms with Crippen molar-refractivity contribution in [2.45, 2.75) is 20.0 Å². The van der Waals surface area contributed by atoms with E-state index in [1.807, 2.05) is 24.3 Å². The van der Waals surface area contributed by atoms with Crippen LogP contribution in [-0.4, -0.2) is 50.2 Å². The van der Waals surface area contributed by atoms with Gasteiger partial charge in [-0.3, -0.25) is 14.5 Å². The van der Waals surface area contributed by atoms with Crippen molar-refractivity contribution in [1.29, 1.82) is 0 Å². The Kier molecular flexibility index (Phi) is 6.20. The van der Waals surface area contributed by atoms with Gasteiger partial charge in [-0.15, -0.1) is 0 Å². The number of carbonyl (C=O) groups is 1. The van der Waals surface area contributed by atoms with E-state index in [0.717, 1.165) is 23.7 Å². The van der Waals surface area contributed by atoms with E-state index in [1.54, 1.807) is 0 Å². The molecule has 1 amide bonds. The number of fused-ring (bicyclic) bond motifs is 1. The fourth-order valence-corrected chi connectivity index (χ4v) is 2.98. The van der Waals surface area contributed by atoms with Crippen molar-refractivity contribution in [3.8, 4) is 0 Å². The summed E-state index contributed by atoms with van der Waals surface area (Å²) in [5.41, 5.74) is 1.18. The lowest BCUT2D eigenvalue weighted by molar-refractivity contribution is -0.121. The summed E-state index contributed by atoms with van der Waals surface area (Å²) in [6, 6.07) is 7.75. The van der Waals surface area contributed by atoms with Crippen LogP contribution in [0.2, 0.25) is 5.02 Å². The van der Waals surface area contributed by atoms with Crippen molar-refractivity contribution in [3.05, 3.63) is 57.7 Å². The molecule has 2 heterocycles. The lowest BCUT2D eigenvalue weighted by atomic mass is 10.2. The van der Waals surface area contributed by atoms with Crippen LogP contribution in [0.4, 0.5) is 0 Å². The van der Waals surface area contributed by atoms with Crippen molar-refractivity contribution in [1.82, 2.24) is 30.0 Å². The quantitative estimate of drug-likeness (QED) is 0.608. The van der Waals surface area contributed by atoms with E-state index >= 15 is 0 Å². The molecule has 27 heavy (non-hydrogen) atoms. The molecular formula is C18H21ClN6O2. The molecule has 2 aromatic heterocycles. The molecule has 2 N–H and O–H groups in total. The Labute approximate surface area is 161 Å². The minimum atomic E-state index is -0.273. The van der Waals surface area contributed by atoms with Gasteiger partial charge in [-0.05, 0) is 18.2 Å². The minimum Gasteiger partial charge on any atom is -0.353 e. The zero-order valence-electron chi connectivity index (χ0n) is 15.0. The number of benzene rings is 1. The summed E-state index contributed by atoms with van der Waals surface area (Å²) in [6.45, 7) is 4.85. The van der Waals surface area contributed by atoms with Crippen molar-refractivity contribution >= 4 is 28.5 Å². The summed E-state index contributed by atoms with van der Waals surface area (Å²) >= 11 is 6.21. The lowest BCUT2D eigenvalue weighted by Gasteiger charge is -2.21. The van der Waals surface area contributed by atoms with Gasteiger partial charge in [-0.1, -0.05) is 36.7 Å². The second-order valence-corrected chi connectivity index (χ2v) is 6.49. The Bertz CT molecular complexity index is 983. The van der Waals surface area contributed by atoms with Gasteiger partial charge in [-0.2, -0.15) is 5.10 Å². The number of hydrogen-bond acceptors (Lipinski definition) is 5. The largest absolute Gasteiger partial charge is 0.353 e. The minimum absolute atomic E-state index is 0.0105. The first-order chi connectivity index (χ1) is 13.1. The van der Waals surface area contributed by atoms with Crippen LogP contribution in [0.3, 0.4) is 0 Å². The zero-order chi connectivity index (χ0) is 19.2. The van der Waals surface area contributed by atoms with Gasteiger partial charge in [0.1, 0.15) is 11.9 Å². The number of aromatic nitrogens is 4. The van der Waals surface area contributed by atoms with Crippen LogP contribution in [0.15, 0.2) is 41.6 Å². The Morgan fingerprint density at radius 1 is 1.37 bits per heavy atom. The molecule has 0 saturated heterocycles. The summed E-state index contributed by atoms with van der Waals surface area (Å²) in [4.78, 5) is 32.6. The smallest absolute Gasteiger partial charge is 0.261 e. The summed E-state index contributed by atoms with van der Waals surface area (Å²) in [5.74, 6) is -0.184. The van der Waals surface area contributed by atoms with Crippen LogP contribution in [-0.2, 0) is 17.9 Å². The van der Waals surface area contributed by atoms with E-state index in [9.17, 15) is 9.59 Å². The van der Waals surface area contributed by atoms with E-state index < -0.39 is 0 Å². The maximum absolute atomic E-state index is 12.2. The number of aromatic amines is 1. The predicted octanol–water partition coefficient (Wildman–Crippen LogP) is 1.41.